The van der Waals surface area contributed by atoms with E-state index in [4.69, 9.17) is 0 Å². The molecule has 0 aliphatic carbocycles. The molecule has 2 saturated heterocycles. The van der Waals surface area contributed by atoms with Crippen LogP contribution in [0.2, 0.25) is 0 Å². The quantitative estimate of drug-likeness (QED) is 0.812. The molecular weight excluding hydrogens is 284 g/mol. The molecule has 21 heavy (non-hydrogen) atoms. The van der Waals surface area contributed by atoms with Gasteiger partial charge in [0, 0.05) is 16.9 Å². The summed E-state index contributed by atoms with van der Waals surface area (Å²) in [5, 5.41) is 3.17. The van der Waals surface area contributed by atoms with Crippen LogP contribution in [-0.2, 0) is 9.59 Å². The Kier molecular flexibility index (Phi) is 2.79. The summed E-state index contributed by atoms with van der Waals surface area (Å²) in [4.78, 5) is 28.7. The van der Waals surface area contributed by atoms with Gasteiger partial charge in [0.15, 0.2) is 0 Å². The highest BCUT2D eigenvalue weighted by atomic mass is 32.1. The van der Waals surface area contributed by atoms with Gasteiger partial charge in [0.1, 0.15) is 12.1 Å². The fourth-order valence-electron chi connectivity index (χ4n) is 3.44. The number of hydrogen-bond acceptors (Lipinski definition) is 3. The van der Waals surface area contributed by atoms with E-state index >= 15 is 0 Å². The molecule has 5 heteroatoms. The Balaban J connectivity index is 1.78. The fraction of sp³-hybridized carbons (Fsp3) is 0.375. The highest BCUT2D eigenvalue weighted by molar-refractivity contribution is 7.17. The predicted octanol–water partition coefficient (Wildman–Crippen LogP) is 2.63. The van der Waals surface area contributed by atoms with Crippen molar-refractivity contribution in [2.24, 2.45) is 0 Å². The summed E-state index contributed by atoms with van der Waals surface area (Å²) in [7, 11) is 0. The SMILES string of the molecule is CC1C(=O)N2CCCC2C(=O)N1c1ccc2sccc2c1. The highest BCUT2D eigenvalue weighted by Crippen LogP contribution is 2.33. The van der Waals surface area contributed by atoms with E-state index in [0.717, 1.165) is 30.5 Å². The molecule has 2 aliphatic heterocycles. The lowest BCUT2D eigenvalue weighted by atomic mass is 10.0. The number of benzene rings is 1. The van der Waals surface area contributed by atoms with Gasteiger partial charge >= 0.3 is 0 Å². The molecule has 0 bridgehead atoms. The van der Waals surface area contributed by atoms with Gasteiger partial charge in [0.25, 0.3) is 5.91 Å². The van der Waals surface area contributed by atoms with Crippen LogP contribution < -0.4 is 4.90 Å². The second-order valence-electron chi connectivity index (χ2n) is 5.72. The monoisotopic (exact) mass is 300 g/mol. The largest absolute Gasteiger partial charge is 0.329 e. The molecule has 2 amide bonds. The van der Waals surface area contributed by atoms with E-state index in [-0.39, 0.29) is 17.9 Å². The van der Waals surface area contributed by atoms with Gasteiger partial charge in [-0.15, -0.1) is 11.3 Å². The molecule has 1 aromatic carbocycles. The van der Waals surface area contributed by atoms with Crippen molar-refractivity contribution in [3.05, 3.63) is 29.6 Å². The van der Waals surface area contributed by atoms with Crippen LogP contribution in [0.4, 0.5) is 5.69 Å². The average molecular weight is 300 g/mol. The molecule has 2 aliphatic rings. The predicted molar refractivity (Wildman–Crippen MR) is 83.5 cm³/mol. The normalized spacial score (nSPS) is 25.8. The van der Waals surface area contributed by atoms with Gasteiger partial charge in [-0.05, 0) is 54.8 Å². The standard InChI is InChI=1S/C16H16N2O2S/c1-10-15(19)17-7-2-3-13(17)16(20)18(10)12-4-5-14-11(9-12)6-8-21-14/h4-6,8-10,13H,2-3,7H2,1H3. The summed E-state index contributed by atoms with van der Waals surface area (Å²) in [6.07, 6.45) is 1.71. The van der Waals surface area contributed by atoms with Gasteiger partial charge in [-0.2, -0.15) is 0 Å². The Hall–Kier alpha value is -1.88. The number of carbonyl (C=O) groups excluding carboxylic acids is 2. The van der Waals surface area contributed by atoms with Gasteiger partial charge in [-0.25, -0.2) is 0 Å². The molecule has 2 aromatic rings. The Labute approximate surface area is 127 Å². The minimum absolute atomic E-state index is 0.0641. The average Bonchev–Trinajstić information content (AvgIpc) is 3.13. The van der Waals surface area contributed by atoms with Crippen LogP contribution in [0.25, 0.3) is 10.1 Å². The van der Waals surface area contributed by atoms with Crippen molar-refractivity contribution in [2.45, 2.75) is 31.8 Å². The van der Waals surface area contributed by atoms with Crippen molar-refractivity contribution in [1.29, 1.82) is 0 Å². The van der Waals surface area contributed by atoms with Crippen LogP contribution in [0.5, 0.6) is 0 Å². The number of amides is 2. The zero-order valence-electron chi connectivity index (χ0n) is 11.8. The van der Waals surface area contributed by atoms with Crippen LogP contribution >= 0.6 is 11.3 Å². The zero-order valence-corrected chi connectivity index (χ0v) is 12.6. The second kappa shape index (κ2) is 4.56. The molecule has 0 radical (unpaired) electrons. The first-order valence-electron chi connectivity index (χ1n) is 7.27. The molecule has 108 valence electrons. The number of hydrogen-bond donors (Lipinski definition) is 0. The Morgan fingerprint density at radius 1 is 1.19 bits per heavy atom. The van der Waals surface area contributed by atoms with E-state index in [1.807, 2.05) is 36.6 Å². The zero-order chi connectivity index (χ0) is 14.6. The number of thiophene rings is 1. The van der Waals surface area contributed by atoms with Gasteiger partial charge < -0.3 is 4.90 Å². The maximum absolute atomic E-state index is 12.8. The Morgan fingerprint density at radius 2 is 2.05 bits per heavy atom. The van der Waals surface area contributed by atoms with Crippen molar-refractivity contribution < 1.29 is 9.59 Å². The van der Waals surface area contributed by atoms with E-state index in [1.165, 1.54) is 4.70 Å². The van der Waals surface area contributed by atoms with Gasteiger partial charge in [-0.1, -0.05) is 0 Å². The first-order valence-corrected chi connectivity index (χ1v) is 8.15. The Bertz CT molecular complexity index is 739. The van der Waals surface area contributed by atoms with Gasteiger partial charge in [0.2, 0.25) is 5.91 Å². The number of nitrogens with zero attached hydrogens (tertiary/aromatic N) is 2. The summed E-state index contributed by atoms with van der Waals surface area (Å²) >= 11 is 1.68. The number of anilines is 1. The number of carbonyl (C=O) groups is 2. The van der Waals surface area contributed by atoms with E-state index in [0.29, 0.717) is 0 Å². The second-order valence-corrected chi connectivity index (χ2v) is 6.66. The van der Waals surface area contributed by atoms with Crippen LogP contribution in [-0.4, -0.2) is 35.3 Å². The van der Waals surface area contributed by atoms with Gasteiger partial charge in [0.05, 0.1) is 0 Å². The minimum atomic E-state index is -0.414. The lowest BCUT2D eigenvalue weighted by Gasteiger charge is -2.40. The molecule has 0 N–H and O–H groups in total. The third-order valence-electron chi connectivity index (χ3n) is 4.52. The van der Waals surface area contributed by atoms with E-state index in [1.54, 1.807) is 21.1 Å². The molecule has 2 fully saturated rings. The van der Waals surface area contributed by atoms with Crippen molar-refractivity contribution >= 4 is 38.9 Å². The van der Waals surface area contributed by atoms with Gasteiger partial charge in [-0.3, -0.25) is 14.5 Å². The molecule has 0 saturated carbocycles. The molecule has 2 unspecified atom stereocenters. The van der Waals surface area contributed by atoms with Crippen LogP contribution in [0.3, 0.4) is 0 Å². The molecule has 4 rings (SSSR count). The molecular formula is C16H16N2O2S. The summed E-state index contributed by atoms with van der Waals surface area (Å²) in [6, 6.07) is 7.37. The minimum Gasteiger partial charge on any atom is -0.329 e. The lowest BCUT2D eigenvalue weighted by molar-refractivity contribution is -0.143. The first kappa shape index (κ1) is 12.8. The van der Waals surface area contributed by atoms with Crippen molar-refractivity contribution in [3.63, 3.8) is 0 Å². The van der Waals surface area contributed by atoms with Crippen LogP contribution in [0, 0.1) is 0 Å². The third kappa shape index (κ3) is 1.80. The highest BCUT2D eigenvalue weighted by Gasteiger charge is 2.46. The van der Waals surface area contributed by atoms with E-state index < -0.39 is 6.04 Å². The number of rotatable bonds is 1. The first-order chi connectivity index (χ1) is 10.2. The maximum Gasteiger partial charge on any atom is 0.250 e. The summed E-state index contributed by atoms with van der Waals surface area (Å²) in [6.45, 7) is 2.55. The summed E-state index contributed by atoms with van der Waals surface area (Å²) in [5.74, 6) is 0.136. The molecule has 0 spiro atoms. The molecule has 1 aromatic heterocycles. The summed E-state index contributed by atoms with van der Waals surface area (Å²) in [5.41, 5.74) is 0.832. The fourth-order valence-corrected chi connectivity index (χ4v) is 4.21. The number of fused-ring (bicyclic) bond motifs is 2. The molecule has 3 heterocycles. The molecule has 2 atom stereocenters. The topological polar surface area (TPSA) is 40.6 Å². The van der Waals surface area contributed by atoms with Crippen LogP contribution in [0.1, 0.15) is 19.8 Å². The maximum atomic E-state index is 12.8. The van der Waals surface area contributed by atoms with Crippen molar-refractivity contribution in [2.75, 3.05) is 11.4 Å². The van der Waals surface area contributed by atoms with Crippen LogP contribution in [0.15, 0.2) is 29.6 Å². The number of piperazine rings is 1. The molecule has 4 nitrogen and oxygen atoms in total. The summed E-state index contributed by atoms with van der Waals surface area (Å²) < 4.78 is 1.20. The van der Waals surface area contributed by atoms with Crippen molar-refractivity contribution in [1.82, 2.24) is 4.90 Å². The third-order valence-corrected chi connectivity index (χ3v) is 5.42. The van der Waals surface area contributed by atoms with E-state index in [2.05, 4.69) is 0 Å². The lowest BCUT2D eigenvalue weighted by Crippen LogP contribution is -2.62. The smallest absolute Gasteiger partial charge is 0.250 e. The van der Waals surface area contributed by atoms with E-state index in [9.17, 15) is 9.59 Å². The Morgan fingerprint density at radius 3 is 2.90 bits per heavy atom. The van der Waals surface area contributed by atoms with Crippen molar-refractivity contribution in [3.8, 4) is 0 Å².